The third kappa shape index (κ3) is 2.29. The average Bonchev–Trinajstić information content (AvgIpc) is 2.19. The lowest BCUT2D eigenvalue weighted by molar-refractivity contribution is 0.0533. The number of carbonyl (C=O) groups excluding carboxylic acids is 1. The minimum Gasteiger partial charge on any atom is -0.277 e. The first-order valence-corrected chi connectivity index (χ1v) is 4.30. The first-order valence-electron chi connectivity index (χ1n) is 4.30. The van der Waals surface area contributed by atoms with E-state index in [0.29, 0.717) is 0 Å². The van der Waals surface area contributed by atoms with E-state index in [-0.39, 0.29) is 6.99 Å². The van der Waals surface area contributed by atoms with Crippen molar-refractivity contribution < 1.29 is 15.4 Å². The van der Waals surface area contributed by atoms with Crippen LogP contribution in [0.2, 0.25) is 0 Å². The van der Waals surface area contributed by atoms with Crippen LogP contribution in [0.4, 0.5) is 4.39 Å². The zero-order valence-electron chi connectivity index (χ0n) is 8.13. The molecule has 78 valence electrons. The maximum Gasteiger partial charge on any atom is 0.277 e. The Morgan fingerprint density at radius 3 is 2.93 bits per heavy atom. The maximum absolute atomic E-state index is 13.2. The number of carbonyl (C=O) groups is 1. The van der Waals surface area contributed by atoms with Crippen molar-refractivity contribution in [2.24, 2.45) is 0 Å². The van der Waals surface area contributed by atoms with Crippen molar-refractivity contribution in [3.63, 3.8) is 0 Å². The number of hydrogen-bond donors (Lipinski definition) is 1. The van der Waals surface area contributed by atoms with Crippen LogP contribution in [0.25, 0.3) is 0 Å². The van der Waals surface area contributed by atoms with Crippen molar-refractivity contribution >= 4 is 5.91 Å². The second-order valence-corrected chi connectivity index (χ2v) is 2.80. The number of rotatable bonds is 3. The van der Waals surface area contributed by atoms with Crippen molar-refractivity contribution in [1.82, 2.24) is 5.48 Å². The molecule has 0 heterocycles. The Balaban J connectivity index is 0.00000196. The highest BCUT2D eigenvalue weighted by Gasteiger charge is 2.11. The van der Waals surface area contributed by atoms with E-state index in [0.717, 1.165) is 12.0 Å². The fourth-order valence-corrected chi connectivity index (χ4v) is 1.11. The van der Waals surface area contributed by atoms with Crippen LogP contribution in [-0.4, -0.2) is 13.0 Å². The number of benzene rings is 1. The number of hydroxylamine groups is 1. The molecule has 1 rings (SSSR count). The van der Waals surface area contributed by atoms with Gasteiger partial charge in [-0.3, -0.25) is 9.63 Å². The second-order valence-electron chi connectivity index (χ2n) is 2.80. The SMILES string of the molecule is CCc1ccc(F)c(C(=O)NOC)c1.[HH]. The molecule has 0 aliphatic carbocycles. The van der Waals surface area contributed by atoms with Crippen LogP contribution in [-0.2, 0) is 11.3 Å². The van der Waals surface area contributed by atoms with E-state index in [4.69, 9.17) is 0 Å². The molecule has 1 N–H and O–H groups in total. The molecule has 4 heteroatoms. The van der Waals surface area contributed by atoms with Gasteiger partial charge in [0.25, 0.3) is 5.91 Å². The molecule has 0 aliphatic rings. The topological polar surface area (TPSA) is 38.3 Å². The van der Waals surface area contributed by atoms with Gasteiger partial charge in [0.05, 0.1) is 12.7 Å². The Morgan fingerprint density at radius 2 is 2.36 bits per heavy atom. The molecular weight excluding hydrogens is 185 g/mol. The fourth-order valence-electron chi connectivity index (χ4n) is 1.11. The van der Waals surface area contributed by atoms with Crippen LogP contribution in [0.15, 0.2) is 18.2 Å². The summed E-state index contributed by atoms with van der Waals surface area (Å²) >= 11 is 0. The van der Waals surface area contributed by atoms with Gasteiger partial charge in [0.15, 0.2) is 0 Å². The lowest BCUT2D eigenvalue weighted by Gasteiger charge is -2.04. The van der Waals surface area contributed by atoms with Crippen LogP contribution in [0, 0.1) is 5.82 Å². The largest absolute Gasteiger partial charge is 0.277 e. The molecule has 14 heavy (non-hydrogen) atoms. The molecule has 0 aliphatic heterocycles. The standard InChI is InChI=1S/C10H12FNO2.H2/c1-3-7-4-5-9(11)8(6-7)10(13)12-14-2;/h4-6H,3H2,1-2H3,(H,12,13);1H. The first-order chi connectivity index (χ1) is 6.69. The Bertz CT molecular complexity index is 344. The highest BCUT2D eigenvalue weighted by Crippen LogP contribution is 2.10. The molecule has 0 saturated heterocycles. The Labute approximate surface area is 83.3 Å². The van der Waals surface area contributed by atoms with Gasteiger partial charge in [-0.05, 0) is 24.1 Å². The Hall–Kier alpha value is -1.42. The third-order valence-corrected chi connectivity index (χ3v) is 1.88. The first kappa shape index (κ1) is 10.7. The molecule has 0 radical (unpaired) electrons. The van der Waals surface area contributed by atoms with Gasteiger partial charge in [-0.15, -0.1) is 0 Å². The predicted octanol–water partition coefficient (Wildman–Crippen LogP) is 1.93. The highest BCUT2D eigenvalue weighted by molar-refractivity contribution is 5.93. The fraction of sp³-hybridized carbons (Fsp3) is 0.300. The summed E-state index contributed by atoms with van der Waals surface area (Å²) in [5, 5.41) is 0. The molecule has 3 nitrogen and oxygen atoms in total. The predicted molar refractivity (Wildman–Crippen MR) is 52.4 cm³/mol. The van der Waals surface area contributed by atoms with Crippen LogP contribution < -0.4 is 5.48 Å². The van der Waals surface area contributed by atoms with Crippen LogP contribution in [0.5, 0.6) is 0 Å². The average molecular weight is 199 g/mol. The van der Waals surface area contributed by atoms with Crippen molar-refractivity contribution in [3.05, 3.63) is 35.1 Å². The molecule has 0 bridgehead atoms. The van der Waals surface area contributed by atoms with Crippen molar-refractivity contribution in [1.29, 1.82) is 0 Å². The number of amides is 1. The van der Waals surface area contributed by atoms with Crippen molar-refractivity contribution in [3.8, 4) is 0 Å². The van der Waals surface area contributed by atoms with Gasteiger partial charge in [0, 0.05) is 1.43 Å². The smallest absolute Gasteiger partial charge is 0.277 e. The zero-order chi connectivity index (χ0) is 10.6. The minimum atomic E-state index is -0.569. The summed E-state index contributed by atoms with van der Waals surface area (Å²) in [5.74, 6) is -1.11. The molecule has 0 saturated carbocycles. The van der Waals surface area contributed by atoms with Gasteiger partial charge >= 0.3 is 0 Å². The van der Waals surface area contributed by atoms with E-state index in [1.807, 2.05) is 6.92 Å². The van der Waals surface area contributed by atoms with Gasteiger partial charge in [0.2, 0.25) is 0 Å². The molecule has 1 amide bonds. The molecule has 0 aromatic heterocycles. The number of hydrogen-bond acceptors (Lipinski definition) is 2. The van der Waals surface area contributed by atoms with E-state index in [2.05, 4.69) is 10.3 Å². The Kier molecular flexibility index (Phi) is 3.59. The summed E-state index contributed by atoms with van der Waals surface area (Å²) in [6, 6.07) is 4.45. The quantitative estimate of drug-likeness (QED) is 0.755. The molecule has 0 atom stereocenters. The van der Waals surface area contributed by atoms with E-state index >= 15 is 0 Å². The summed E-state index contributed by atoms with van der Waals surface area (Å²) in [6.45, 7) is 1.94. The van der Waals surface area contributed by atoms with Crippen LogP contribution in [0.3, 0.4) is 0 Å². The number of aryl methyl sites for hydroxylation is 1. The van der Waals surface area contributed by atoms with Gasteiger partial charge < -0.3 is 0 Å². The van der Waals surface area contributed by atoms with Crippen LogP contribution >= 0.6 is 0 Å². The van der Waals surface area contributed by atoms with Gasteiger partial charge in [-0.1, -0.05) is 13.0 Å². The van der Waals surface area contributed by atoms with E-state index in [1.165, 1.54) is 19.2 Å². The van der Waals surface area contributed by atoms with E-state index in [9.17, 15) is 9.18 Å². The molecule has 0 spiro atoms. The van der Waals surface area contributed by atoms with Crippen LogP contribution in [0.1, 0.15) is 24.3 Å². The van der Waals surface area contributed by atoms with E-state index in [1.54, 1.807) is 6.07 Å². The van der Waals surface area contributed by atoms with Gasteiger partial charge in [-0.25, -0.2) is 9.87 Å². The summed E-state index contributed by atoms with van der Waals surface area (Å²) in [7, 11) is 1.31. The van der Waals surface area contributed by atoms with Crippen molar-refractivity contribution in [2.45, 2.75) is 13.3 Å². The molecule has 1 aromatic rings. The molecule has 0 fully saturated rings. The van der Waals surface area contributed by atoms with Gasteiger partial charge in [0.1, 0.15) is 5.82 Å². The summed E-state index contributed by atoms with van der Waals surface area (Å²) in [5.41, 5.74) is 2.99. The lowest BCUT2D eigenvalue weighted by atomic mass is 10.1. The lowest BCUT2D eigenvalue weighted by Crippen LogP contribution is -2.23. The molecule has 1 aromatic carbocycles. The summed E-state index contributed by atoms with van der Waals surface area (Å²) in [4.78, 5) is 15.7. The molecular formula is C10H14FNO2. The normalized spacial score (nSPS) is 9.93. The zero-order valence-corrected chi connectivity index (χ0v) is 8.13. The second kappa shape index (κ2) is 4.72. The van der Waals surface area contributed by atoms with Gasteiger partial charge in [-0.2, -0.15) is 0 Å². The number of halogens is 1. The Morgan fingerprint density at radius 1 is 1.64 bits per heavy atom. The molecule has 0 unspecified atom stereocenters. The highest BCUT2D eigenvalue weighted by atomic mass is 19.1. The summed E-state index contributed by atoms with van der Waals surface area (Å²) < 4.78 is 13.2. The minimum absolute atomic E-state index is 0. The third-order valence-electron chi connectivity index (χ3n) is 1.88. The van der Waals surface area contributed by atoms with Crippen molar-refractivity contribution in [2.75, 3.05) is 7.11 Å². The monoisotopic (exact) mass is 199 g/mol. The van der Waals surface area contributed by atoms with E-state index < -0.39 is 11.7 Å². The summed E-state index contributed by atoms with van der Waals surface area (Å²) in [6.07, 6.45) is 0.757. The number of nitrogens with one attached hydrogen (secondary N) is 1. The maximum atomic E-state index is 13.2.